The van der Waals surface area contributed by atoms with Gasteiger partial charge in [-0.25, -0.2) is 0 Å². The number of ether oxygens (including phenoxy) is 1. The first-order chi connectivity index (χ1) is 7.30. The summed E-state index contributed by atoms with van der Waals surface area (Å²) in [6.45, 7) is 5.64. The van der Waals surface area contributed by atoms with Crippen molar-refractivity contribution in [2.45, 2.75) is 20.8 Å². The lowest BCUT2D eigenvalue weighted by molar-refractivity contribution is -0.128. The maximum Gasteiger partial charge on any atom is 0.175 e. The average molecular weight is 306 g/mol. The van der Waals surface area contributed by atoms with E-state index >= 15 is 0 Å². The van der Waals surface area contributed by atoms with Crippen LogP contribution in [0, 0.1) is 5.41 Å². The van der Waals surface area contributed by atoms with Crippen molar-refractivity contribution in [3.05, 3.63) is 27.7 Å². The summed E-state index contributed by atoms with van der Waals surface area (Å²) in [6.07, 6.45) is 0. The van der Waals surface area contributed by atoms with Gasteiger partial charge in [-0.2, -0.15) is 0 Å². The largest absolute Gasteiger partial charge is 0.484 e. The normalized spacial score (nSPS) is 11.3. The van der Waals surface area contributed by atoms with Crippen LogP contribution in [-0.4, -0.2) is 12.4 Å². The average Bonchev–Trinajstić information content (AvgIpc) is 2.14. The molecular weight excluding hydrogens is 291 g/mol. The molecule has 0 N–H and O–H groups in total. The molecule has 0 spiro atoms. The summed E-state index contributed by atoms with van der Waals surface area (Å²) in [7, 11) is 0. The zero-order valence-electron chi connectivity index (χ0n) is 9.51. The number of hydrogen-bond acceptors (Lipinski definition) is 2. The summed E-state index contributed by atoms with van der Waals surface area (Å²) in [4.78, 5) is 11.6. The van der Waals surface area contributed by atoms with Crippen molar-refractivity contribution in [2.24, 2.45) is 5.41 Å². The summed E-state index contributed by atoms with van der Waals surface area (Å²) in [5.41, 5.74) is -0.387. The van der Waals surface area contributed by atoms with E-state index in [9.17, 15) is 4.79 Å². The summed E-state index contributed by atoms with van der Waals surface area (Å²) in [5.74, 6) is 0.578. The van der Waals surface area contributed by atoms with Crippen molar-refractivity contribution >= 4 is 33.3 Å². The summed E-state index contributed by atoms with van der Waals surface area (Å²) < 4.78 is 6.26. The number of carbonyl (C=O) groups is 1. The minimum absolute atomic E-state index is 0.0465. The number of ketones is 1. The Kier molecular flexibility index (Phi) is 4.39. The second kappa shape index (κ2) is 5.19. The van der Waals surface area contributed by atoms with E-state index in [1.54, 1.807) is 12.1 Å². The highest BCUT2D eigenvalue weighted by Gasteiger charge is 2.21. The molecule has 0 saturated carbocycles. The molecule has 0 amide bonds. The van der Waals surface area contributed by atoms with Gasteiger partial charge in [-0.1, -0.05) is 48.3 Å². The van der Waals surface area contributed by atoms with Crippen LogP contribution < -0.4 is 4.74 Å². The van der Waals surface area contributed by atoms with E-state index in [0.717, 1.165) is 4.47 Å². The van der Waals surface area contributed by atoms with E-state index in [0.29, 0.717) is 10.8 Å². The van der Waals surface area contributed by atoms with Crippen molar-refractivity contribution < 1.29 is 9.53 Å². The Morgan fingerprint density at radius 2 is 2.06 bits per heavy atom. The van der Waals surface area contributed by atoms with Crippen molar-refractivity contribution in [3.63, 3.8) is 0 Å². The molecule has 0 fully saturated rings. The first-order valence-electron chi connectivity index (χ1n) is 4.92. The molecule has 0 saturated heterocycles. The number of hydrogen-bond donors (Lipinski definition) is 0. The third-order valence-corrected chi connectivity index (χ3v) is 2.88. The number of carbonyl (C=O) groups excluding carboxylic acids is 1. The van der Waals surface area contributed by atoms with Gasteiger partial charge in [0.25, 0.3) is 0 Å². The smallest absolute Gasteiger partial charge is 0.175 e. The van der Waals surface area contributed by atoms with E-state index in [2.05, 4.69) is 15.9 Å². The van der Waals surface area contributed by atoms with Crippen molar-refractivity contribution in [2.75, 3.05) is 6.61 Å². The summed E-state index contributed by atoms with van der Waals surface area (Å²) >= 11 is 9.26. The fraction of sp³-hybridized carbons (Fsp3) is 0.417. The van der Waals surface area contributed by atoms with Gasteiger partial charge in [0.1, 0.15) is 12.4 Å². The van der Waals surface area contributed by atoms with Crippen LogP contribution >= 0.6 is 27.5 Å². The molecule has 0 aliphatic heterocycles. The highest BCUT2D eigenvalue weighted by Crippen LogP contribution is 2.28. The van der Waals surface area contributed by atoms with E-state index in [1.165, 1.54) is 0 Å². The highest BCUT2D eigenvalue weighted by molar-refractivity contribution is 9.10. The molecule has 1 aromatic carbocycles. The van der Waals surface area contributed by atoms with E-state index in [1.807, 2.05) is 26.8 Å². The zero-order valence-corrected chi connectivity index (χ0v) is 11.9. The van der Waals surface area contributed by atoms with Crippen molar-refractivity contribution in [3.8, 4) is 5.75 Å². The van der Waals surface area contributed by atoms with E-state index in [-0.39, 0.29) is 17.8 Å². The number of rotatable bonds is 3. The van der Waals surface area contributed by atoms with Crippen molar-refractivity contribution in [1.82, 2.24) is 0 Å². The Hall–Kier alpha value is -0.540. The molecule has 1 rings (SSSR count). The van der Waals surface area contributed by atoms with Crippen LogP contribution in [0.5, 0.6) is 5.75 Å². The van der Waals surface area contributed by atoms with Gasteiger partial charge in [0.2, 0.25) is 0 Å². The van der Waals surface area contributed by atoms with E-state index in [4.69, 9.17) is 16.3 Å². The zero-order chi connectivity index (χ0) is 12.3. The Bertz CT molecular complexity index is 396. The molecule has 2 nitrogen and oxygen atoms in total. The second-order valence-corrected chi connectivity index (χ2v) is 5.86. The van der Waals surface area contributed by atoms with Crippen LogP contribution in [0.1, 0.15) is 20.8 Å². The van der Waals surface area contributed by atoms with E-state index < -0.39 is 0 Å². The quantitative estimate of drug-likeness (QED) is 0.840. The van der Waals surface area contributed by atoms with Crippen LogP contribution in [0.25, 0.3) is 0 Å². The molecule has 1 aromatic rings. The molecule has 4 heteroatoms. The monoisotopic (exact) mass is 304 g/mol. The molecule has 16 heavy (non-hydrogen) atoms. The molecule has 0 unspecified atom stereocenters. The van der Waals surface area contributed by atoms with Gasteiger partial charge in [0.15, 0.2) is 5.78 Å². The Balaban J connectivity index is 2.65. The molecule has 0 aliphatic carbocycles. The van der Waals surface area contributed by atoms with Crippen LogP contribution in [0.4, 0.5) is 0 Å². The predicted octanol–water partition coefficient (Wildman–Crippen LogP) is 4.10. The Labute approximate surface area is 109 Å². The highest BCUT2D eigenvalue weighted by atomic mass is 79.9. The van der Waals surface area contributed by atoms with Gasteiger partial charge in [0.05, 0.1) is 5.02 Å². The lowest BCUT2D eigenvalue weighted by atomic mass is 9.91. The molecule has 0 aliphatic rings. The van der Waals surface area contributed by atoms with Crippen LogP contribution in [0.3, 0.4) is 0 Å². The summed E-state index contributed by atoms with van der Waals surface area (Å²) in [5, 5.41) is 0.496. The first-order valence-corrected chi connectivity index (χ1v) is 6.09. The molecule has 0 radical (unpaired) electrons. The minimum Gasteiger partial charge on any atom is -0.484 e. The fourth-order valence-corrected chi connectivity index (χ4v) is 1.68. The van der Waals surface area contributed by atoms with Gasteiger partial charge in [-0.15, -0.1) is 0 Å². The first kappa shape index (κ1) is 13.5. The van der Waals surface area contributed by atoms with Crippen LogP contribution in [0.2, 0.25) is 5.02 Å². The molecule has 0 bridgehead atoms. The third kappa shape index (κ3) is 3.80. The number of halogens is 2. The maximum atomic E-state index is 11.6. The van der Waals surface area contributed by atoms with Gasteiger partial charge in [-0.3, -0.25) is 4.79 Å². The minimum atomic E-state index is -0.387. The standard InChI is InChI=1S/C12H14BrClO2/c1-12(2,3)11(15)7-16-10-5-4-8(13)6-9(10)14/h4-6H,7H2,1-3H3. The van der Waals surface area contributed by atoms with Gasteiger partial charge < -0.3 is 4.74 Å². The summed E-state index contributed by atoms with van der Waals surface area (Å²) in [6, 6.07) is 5.30. The Morgan fingerprint density at radius 1 is 1.44 bits per heavy atom. The Morgan fingerprint density at radius 3 is 2.56 bits per heavy atom. The molecule has 0 atom stereocenters. The molecule has 0 aromatic heterocycles. The number of benzene rings is 1. The predicted molar refractivity (Wildman–Crippen MR) is 69.1 cm³/mol. The molecular formula is C12H14BrClO2. The topological polar surface area (TPSA) is 26.3 Å². The van der Waals surface area contributed by atoms with Crippen LogP contribution in [0.15, 0.2) is 22.7 Å². The van der Waals surface area contributed by atoms with Gasteiger partial charge in [-0.05, 0) is 18.2 Å². The molecule has 0 heterocycles. The molecule has 88 valence electrons. The van der Waals surface area contributed by atoms with Gasteiger partial charge in [0, 0.05) is 9.89 Å². The maximum absolute atomic E-state index is 11.6. The van der Waals surface area contributed by atoms with Crippen LogP contribution in [-0.2, 0) is 4.79 Å². The lowest BCUT2D eigenvalue weighted by Crippen LogP contribution is -2.26. The van der Waals surface area contributed by atoms with Crippen molar-refractivity contribution in [1.29, 1.82) is 0 Å². The fourth-order valence-electron chi connectivity index (χ4n) is 0.952. The second-order valence-electron chi connectivity index (χ2n) is 4.54. The number of Topliss-reactive ketones (excluding diaryl/α,β-unsaturated/α-hetero) is 1. The SMILES string of the molecule is CC(C)(C)C(=O)COc1ccc(Br)cc1Cl. The van der Waals surface area contributed by atoms with Gasteiger partial charge >= 0.3 is 0 Å². The third-order valence-electron chi connectivity index (χ3n) is 2.09. The lowest BCUT2D eigenvalue weighted by Gasteiger charge is -2.17.